The van der Waals surface area contributed by atoms with Gasteiger partial charge in [-0.3, -0.25) is 14.3 Å². The van der Waals surface area contributed by atoms with Crippen molar-refractivity contribution >= 4 is 22.8 Å². The van der Waals surface area contributed by atoms with E-state index < -0.39 is 0 Å². The first-order chi connectivity index (χ1) is 13.2. The van der Waals surface area contributed by atoms with Gasteiger partial charge in [0, 0.05) is 19.0 Å². The van der Waals surface area contributed by atoms with Crippen LogP contribution in [0.1, 0.15) is 12.8 Å². The Hall–Kier alpha value is -3.09. The van der Waals surface area contributed by atoms with E-state index in [2.05, 4.69) is 9.88 Å². The van der Waals surface area contributed by atoms with E-state index in [1.807, 2.05) is 47.5 Å². The number of para-hydroxylation sites is 2. The van der Waals surface area contributed by atoms with Crippen molar-refractivity contribution < 1.29 is 14.2 Å². The summed E-state index contributed by atoms with van der Waals surface area (Å²) in [6, 6.07) is 13.4. The number of amides is 1. The first-order valence-corrected chi connectivity index (χ1v) is 9.30. The van der Waals surface area contributed by atoms with Gasteiger partial charge >= 0.3 is 5.76 Å². The van der Waals surface area contributed by atoms with Crippen molar-refractivity contribution in [2.75, 3.05) is 31.1 Å². The second-order valence-electron chi connectivity index (χ2n) is 6.71. The van der Waals surface area contributed by atoms with E-state index in [1.54, 1.807) is 10.6 Å². The normalized spacial score (nSPS) is 14.7. The topological polar surface area (TPSA) is 72.8 Å². The van der Waals surface area contributed by atoms with Crippen molar-refractivity contribution in [1.82, 2.24) is 9.47 Å². The molecule has 140 valence electrons. The fraction of sp³-hybridized carbons (Fsp3) is 0.350. The molecule has 7 heteroatoms. The van der Waals surface area contributed by atoms with Crippen LogP contribution in [0.5, 0.6) is 0 Å². The van der Waals surface area contributed by atoms with E-state index in [9.17, 15) is 9.59 Å². The number of hydrogen-bond acceptors (Lipinski definition) is 4. The van der Waals surface area contributed by atoms with E-state index in [0.717, 1.165) is 37.5 Å². The zero-order valence-electron chi connectivity index (χ0n) is 15.1. The van der Waals surface area contributed by atoms with Crippen LogP contribution < -0.4 is 15.6 Å². The summed E-state index contributed by atoms with van der Waals surface area (Å²) in [5.41, 5.74) is 1.37. The predicted molar refractivity (Wildman–Crippen MR) is 101 cm³/mol. The van der Waals surface area contributed by atoms with E-state index >= 15 is 0 Å². The smallest absolute Gasteiger partial charge is 0.408 e. The van der Waals surface area contributed by atoms with Gasteiger partial charge < -0.3 is 9.32 Å². The molecule has 1 saturated heterocycles. The zero-order valence-corrected chi connectivity index (χ0v) is 15.1. The van der Waals surface area contributed by atoms with Crippen LogP contribution in [0, 0.1) is 0 Å². The molecular weight excluding hydrogens is 344 g/mol. The molecule has 0 radical (unpaired) electrons. The largest absolute Gasteiger partial charge is 0.419 e. The summed E-state index contributed by atoms with van der Waals surface area (Å²) >= 11 is 0. The van der Waals surface area contributed by atoms with Crippen molar-refractivity contribution in [2.24, 2.45) is 0 Å². The van der Waals surface area contributed by atoms with Crippen LogP contribution in [0.4, 0.5) is 5.82 Å². The van der Waals surface area contributed by atoms with Gasteiger partial charge in [0.25, 0.3) is 5.82 Å². The standard InChI is InChI=1S/C20H22N4O3/c25-19(23-14-12-22(13-15-23)18-8-3-4-10-21-18)9-5-11-24-16-6-1-2-7-17(16)27-20(24)26/h1-4,6-8,10H,5,9,11-15H2/p+1. The molecule has 0 atom stereocenters. The minimum atomic E-state index is -0.364. The van der Waals surface area contributed by atoms with Gasteiger partial charge in [0.05, 0.1) is 24.8 Å². The monoisotopic (exact) mass is 367 g/mol. The summed E-state index contributed by atoms with van der Waals surface area (Å²) in [5, 5.41) is 0. The van der Waals surface area contributed by atoms with Gasteiger partial charge in [0.15, 0.2) is 5.58 Å². The second kappa shape index (κ2) is 7.65. The molecular formula is C20H23N4O3+. The number of carbonyl (C=O) groups is 1. The van der Waals surface area contributed by atoms with Crippen LogP contribution in [0.15, 0.2) is 57.9 Å². The molecule has 1 aliphatic rings. The van der Waals surface area contributed by atoms with E-state index in [1.165, 1.54) is 0 Å². The lowest BCUT2D eigenvalue weighted by atomic mass is 10.2. The third kappa shape index (κ3) is 3.72. The first-order valence-electron chi connectivity index (χ1n) is 9.30. The minimum absolute atomic E-state index is 0.146. The number of fused-ring (bicyclic) bond motifs is 1. The number of oxazole rings is 1. The summed E-state index contributed by atoms with van der Waals surface area (Å²) in [5.74, 6) is 0.861. The lowest BCUT2D eigenvalue weighted by Crippen LogP contribution is -2.50. The molecule has 0 aliphatic carbocycles. The number of rotatable bonds is 5. The van der Waals surface area contributed by atoms with E-state index in [-0.39, 0.29) is 11.7 Å². The predicted octanol–water partition coefficient (Wildman–Crippen LogP) is 1.54. The van der Waals surface area contributed by atoms with Gasteiger partial charge in [0.2, 0.25) is 5.91 Å². The fourth-order valence-electron chi connectivity index (χ4n) is 3.55. The number of carbonyl (C=O) groups excluding carboxylic acids is 1. The molecule has 3 aromatic rings. The molecule has 3 heterocycles. The van der Waals surface area contributed by atoms with Gasteiger partial charge in [-0.05, 0) is 24.6 Å². The number of aromatic nitrogens is 2. The molecule has 0 unspecified atom stereocenters. The minimum Gasteiger partial charge on any atom is -0.408 e. The molecule has 1 aromatic carbocycles. The molecule has 1 amide bonds. The van der Waals surface area contributed by atoms with Crippen LogP contribution >= 0.6 is 0 Å². The van der Waals surface area contributed by atoms with E-state index in [0.29, 0.717) is 25.0 Å². The summed E-state index contributed by atoms with van der Waals surface area (Å²) in [7, 11) is 0. The lowest BCUT2D eigenvalue weighted by molar-refractivity contribution is -0.364. The molecule has 2 aromatic heterocycles. The van der Waals surface area contributed by atoms with Crippen LogP contribution in [0.3, 0.4) is 0 Å². The van der Waals surface area contributed by atoms with Crippen LogP contribution in [0.2, 0.25) is 0 Å². The van der Waals surface area contributed by atoms with Gasteiger partial charge in [-0.15, -0.1) is 0 Å². The molecule has 0 saturated carbocycles. The van der Waals surface area contributed by atoms with Crippen LogP contribution in [0.25, 0.3) is 11.1 Å². The molecule has 27 heavy (non-hydrogen) atoms. The first kappa shape index (κ1) is 17.3. The van der Waals surface area contributed by atoms with Crippen LogP contribution in [-0.4, -0.2) is 41.6 Å². The highest BCUT2D eigenvalue weighted by atomic mass is 16.4. The van der Waals surface area contributed by atoms with Crippen molar-refractivity contribution in [3.05, 3.63) is 59.2 Å². The number of anilines is 1. The number of aromatic amines is 1. The van der Waals surface area contributed by atoms with Gasteiger partial charge in [0.1, 0.15) is 13.1 Å². The Morgan fingerprint density at radius 2 is 1.81 bits per heavy atom. The molecule has 7 nitrogen and oxygen atoms in total. The molecule has 4 rings (SSSR count). The Kier molecular flexibility index (Phi) is 4.91. The molecule has 1 fully saturated rings. The highest BCUT2D eigenvalue weighted by molar-refractivity contribution is 5.76. The quantitative estimate of drug-likeness (QED) is 0.686. The average molecular weight is 367 g/mol. The lowest BCUT2D eigenvalue weighted by Gasteiger charge is -2.31. The summed E-state index contributed by atoms with van der Waals surface area (Å²) in [6.45, 7) is 3.56. The number of nitrogens with zero attached hydrogens (tertiary/aromatic N) is 3. The Labute approximate surface area is 156 Å². The molecule has 0 bridgehead atoms. The van der Waals surface area contributed by atoms with Gasteiger partial charge in [-0.25, -0.2) is 9.78 Å². The number of hydrogen-bond donors (Lipinski definition) is 0. The van der Waals surface area contributed by atoms with Crippen LogP contribution in [-0.2, 0) is 11.3 Å². The van der Waals surface area contributed by atoms with E-state index in [4.69, 9.17) is 4.42 Å². The van der Waals surface area contributed by atoms with Crippen molar-refractivity contribution in [3.63, 3.8) is 0 Å². The Morgan fingerprint density at radius 3 is 2.59 bits per heavy atom. The van der Waals surface area contributed by atoms with Crippen molar-refractivity contribution in [3.8, 4) is 0 Å². The Morgan fingerprint density at radius 1 is 1.04 bits per heavy atom. The third-order valence-corrected chi connectivity index (χ3v) is 5.01. The number of nitrogens with one attached hydrogen (secondary N) is 1. The highest BCUT2D eigenvalue weighted by Gasteiger charge is 2.25. The summed E-state index contributed by atoms with van der Waals surface area (Å²) in [6.07, 6.45) is 2.97. The maximum absolute atomic E-state index is 12.5. The number of aryl methyl sites for hydroxylation is 1. The number of benzene rings is 1. The Balaban J connectivity index is 1.29. The zero-order chi connectivity index (χ0) is 18.6. The SMILES string of the molecule is O=C(CCCn1c(=O)oc2ccccc21)N1CCN(c2cccc[nH+]2)CC1. The van der Waals surface area contributed by atoms with Gasteiger partial charge in [-0.2, -0.15) is 0 Å². The highest BCUT2D eigenvalue weighted by Crippen LogP contribution is 2.14. The second-order valence-corrected chi connectivity index (χ2v) is 6.71. The summed E-state index contributed by atoms with van der Waals surface area (Å²) < 4.78 is 6.83. The number of piperazine rings is 1. The maximum Gasteiger partial charge on any atom is 0.419 e. The average Bonchev–Trinajstić information content (AvgIpc) is 3.04. The molecule has 1 aliphatic heterocycles. The summed E-state index contributed by atoms with van der Waals surface area (Å²) in [4.78, 5) is 31.9. The molecule has 1 N–H and O–H groups in total. The fourth-order valence-corrected chi connectivity index (χ4v) is 3.55. The Bertz CT molecular complexity index is 972. The number of H-pyrrole nitrogens is 1. The molecule has 0 spiro atoms. The van der Waals surface area contributed by atoms with Crippen molar-refractivity contribution in [2.45, 2.75) is 19.4 Å². The van der Waals surface area contributed by atoms with Gasteiger partial charge in [-0.1, -0.05) is 18.2 Å². The number of pyridine rings is 1. The van der Waals surface area contributed by atoms with Crippen molar-refractivity contribution in [1.29, 1.82) is 0 Å². The third-order valence-electron chi connectivity index (χ3n) is 5.01. The maximum atomic E-state index is 12.5.